The molecule has 20 heavy (non-hydrogen) atoms. The molecule has 2 unspecified atom stereocenters. The van der Waals surface area contributed by atoms with Crippen LogP contribution in [0.4, 0.5) is 0 Å². The van der Waals surface area contributed by atoms with E-state index in [0.717, 1.165) is 12.1 Å². The molecule has 1 fully saturated rings. The summed E-state index contributed by atoms with van der Waals surface area (Å²) in [5.41, 5.74) is 0.471. The van der Waals surface area contributed by atoms with E-state index in [1.54, 1.807) is 12.1 Å². The van der Waals surface area contributed by atoms with Gasteiger partial charge in [-0.1, -0.05) is 26.0 Å². The van der Waals surface area contributed by atoms with Crippen molar-refractivity contribution in [1.29, 1.82) is 0 Å². The molecule has 0 bridgehead atoms. The Morgan fingerprint density at radius 2 is 1.85 bits per heavy atom. The lowest BCUT2D eigenvalue weighted by Gasteiger charge is -2.31. The Balaban J connectivity index is 2.16. The smallest absolute Gasteiger partial charge is 0.311 e. The van der Waals surface area contributed by atoms with E-state index < -0.39 is 11.4 Å². The molecular formula is C16H23NO3. The average Bonchev–Trinajstić information content (AvgIpc) is 2.85. The van der Waals surface area contributed by atoms with Crippen LogP contribution in [0.5, 0.6) is 5.75 Å². The zero-order valence-electron chi connectivity index (χ0n) is 12.3. The van der Waals surface area contributed by atoms with E-state index >= 15 is 0 Å². The molecule has 0 aliphatic carbocycles. The second-order valence-corrected chi connectivity index (χ2v) is 6.10. The van der Waals surface area contributed by atoms with Crippen LogP contribution in [0.1, 0.15) is 38.8 Å². The highest BCUT2D eigenvalue weighted by Crippen LogP contribution is 2.41. The first kappa shape index (κ1) is 14.9. The third kappa shape index (κ3) is 2.52. The molecule has 4 nitrogen and oxygen atoms in total. The molecule has 0 spiro atoms. The standard InChI is InChI=1S/C16H23NO3/c1-11(2)16(15(19)20)8-9-17(10-16)12(3)13-4-6-14(18)7-5-13/h4-7,11-12,18H,8-10H2,1-3H3,(H,19,20). The Hall–Kier alpha value is -1.55. The van der Waals surface area contributed by atoms with Crippen molar-refractivity contribution in [3.05, 3.63) is 29.8 Å². The molecule has 1 heterocycles. The number of carboxylic acid groups (broad SMARTS) is 1. The van der Waals surface area contributed by atoms with Crippen LogP contribution in [0, 0.1) is 11.3 Å². The number of hydrogen-bond donors (Lipinski definition) is 2. The summed E-state index contributed by atoms with van der Waals surface area (Å²) in [5.74, 6) is -0.311. The fourth-order valence-corrected chi connectivity index (χ4v) is 3.05. The summed E-state index contributed by atoms with van der Waals surface area (Å²) in [4.78, 5) is 13.9. The van der Waals surface area contributed by atoms with Crippen LogP contribution in [0.3, 0.4) is 0 Å². The van der Waals surface area contributed by atoms with Crippen molar-refractivity contribution in [3.8, 4) is 5.75 Å². The van der Waals surface area contributed by atoms with Crippen LogP contribution in [0.25, 0.3) is 0 Å². The van der Waals surface area contributed by atoms with E-state index in [2.05, 4.69) is 11.8 Å². The molecular weight excluding hydrogens is 254 g/mol. The summed E-state index contributed by atoms with van der Waals surface area (Å²) in [6.45, 7) is 7.45. The van der Waals surface area contributed by atoms with Gasteiger partial charge in [-0.25, -0.2) is 0 Å². The number of phenols is 1. The fraction of sp³-hybridized carbons (Fsp3) is 0.562. The van der Waals surface area contributed by atoms with Gasteiger partial charge in [-0.2, -0.15) is 0 Å². The molecule has 1 aromatic carbocycles. The van der Waals surface area contributed by atoms with Gasteiger partial charge in [0.1, 0.15) is 5.75 Å². The molecule has 0 aromatic heterocycles. The van der Waals surface area contributed by atoms with Crippen LogP contribution in [-0.4, -0.2) is 34.2 Å². The van der Waals surface area contributed by atoms with Crippen LogP contribution in [0.2, 0.25) is 0 Å². The molecule has 110 valence electrons. The first-order valence-electron chi connectivity index (χ1n) is 7.13. The predicted octanol–water partition coefficient (Wildman–Crippen LogP) is 2.89. The lowest BCUT2D eigenvalue weighted by atomic mass is 9.76. The Morgan fingerprint density at radius 3 is 2.30 bits per heavy atom. The highest BCUT2D eigenvalue weighted by atomic mass is 16.4. The molecule has 0 amide bonds. The largest absolute Gasteiger partial charge is 0.508 e. The second-order valence-electron chi connectivity index (χ2n) is 6.10. The molecule has 2 atom stereocenters. The Morgan fingerprint density at radius 1 is 1.25 bits per heavy atom. The van der Waals surface area contributed by atoms with Crippen molar-refractivity contribution in [1.82, 2.24) is 4.90 Å². The lowest BCUT2D eigenvalue weighted by Crippen LogP contribution is -2.39. The number of phenolic OH excluding ortho intramolecular Hbond substituents is 1. The summed E-state index contributed by atoms with van der Waals surface area (Å²) < 4.78 is 0. The molecule has 1 saturated heterocycles. The van der Waals surface area contributed by atoms with E-state index in [4.69, 9.17) is 0 Å². The zero-order valence-corrected chi connectivity index (χ0v) is 12.3. The summed E-state index contributed by atoms with van der Waals surface area (Å²) in [6.07, 6.45) is 0.697. The number of likely N-dealkylation sites (tertiary alicyclic amines) is 1. The summed E-state index contributed by atoms with van der Waals surface area (Å²) >= 11 is 0. The van der Waals surface area contributed by atoms with Crippen LogP contribution >= 0.6 is 0 Å². The minimum atomic E-state index is -0.687. The topological polar surface area (TPSA) is 60.8 Å². The van der Waals surface area contributed by atoms with E-state index in [1.165, 1.54) is 0 Å². The summed E-state index contributed by atoms with van der Waals surface area (Å²) in [5, 5.41) is 18.9. The van der Waals surface area contributed by atoms with Crippen molar-refractivity contribution in [2.75, 3.05) is 13.1 Å². The highest BCUT2D eigenvalue weighted by molar-refractivity contribution is 5.75. The molecule has 2 N–H and O–H groups in total. The van der Waals surface area contributed by atoms with E-state index in [-0.39, 0.29) is 17.7 Å². The van der Waals surface area contributed by atoms with E-state index in [9.17, 15) is 15.0 Å². The first-order valence-corrected chi connectivity index (χ1v) is 7.13. The third-order valence-electron chi connectivity index (χ3n) is 4.78. The molecule has 1 aliphatic rings. The van der Waals surface area contributed by atoms with Gasteiger partial charge in [-0.3, -0.25) is 9.69 Å². The second kappa shape index (κ2) is 5.44. The van der Waals surface area contributed by atoms with Gasteiger partial charge in [0, 0.05) is 12.6 Å². The monoisotopic (exact) mass is 277 g/mol. The minimum absolute atomic E-state index is 0.122. The van der Waals surface area contributed by atoms with Crippen molar-refractivity contribution in [2.24, 2.45) is 11.3 Å². The maximum Gasteiger partial charge on any atom is 0.311 e. The van der Waals surface area contributed by atoms with Gasteiger partial charge in [-0.15, -0.1) is 0 Å². The molecule has 0 radical (unpaired) electrons. The Kier molecular flexibility index (Phi) is 4.04. The Bertz CT molecular complexity index is 483. The predicted molar refractivity (Wildman–Crippen MR) is 77.6 cm³/mol. The number of rotatable bonds is 4. The molecule has 1 aliphatic heterocycles. The SMILES string of the molecule is CC(c1ccc(O)cc1)N1CCC(C(=O)O)(C(C)C)C1. The number of aliphatic carboxylic acids is 1. The molecule has 1 aromatic rings. The Labute approximate surface area is 120 Å². The number of nitrogens with zero attached hydrogens (tertiary/aromatic N) is 1. The van der Waals surface area contributed by atoms with Gasteiger partial charge < -0.3 is 10.2 Å². The highest BCUT2D eigenvalue weighted by Gasteiger charge is 2.48. The number of aromatic hydroxyl groups is 1. The number of hydrogen-bond acceptors (Lipinski definition) is 3. The number of carboxylic acids is 1. The van der Waals surface area contributed by atoms with Gasteiger partial charge in [-0.05, 0) is 43.5 Å². The zero-order chi connectivity index (χ0) is 14.9. The van der Waals surface area contributed by atoms with E-state index in [0.29, 0.717) is 13.0 Å². The maximum absolute atomic E-state index is 11.7. The number of carbonyl (C=O) groups is 1. The van der Waals surface area contributed by atoms with Gasteiger partial charge in [0.05, 0.1) is 5.41 Å². The van der Waals surface area contributed by atoms with Gasteiger partial charge in [0.15, 0.2) is 0 Å². The van der Waals surface area contributed by atoms with Crippen LogP contribution < -0.4 is 0 Å². The van der Waals surface area contributed by atoms with E-state index in [1.807, 2.05) is 26.0 Å². The van der Waals surface area contributed by atoms with Crippen LogP contribution in [0.15, 0.2) is 24.3 Å². The number of benzene rings is 1. The van der Waals surface area contributed by atoms with Crippen molar-refractivity contribution in [2.45, 2.75) is 33.2 Å². The lowest BCUT2D eigenvalue weighted by molar-refractivity contribution is -0.151. The quantitative estimate of drug-likeness (QED) is 0.888. The summed E-state index contributed by atoms with van der Waals surface area (Å²) in [7, 11) is 0. The fourth-order valence-electron chi connectivity index (χ4n) is 3.05. The average molecular weight is 277 g/mol. The molecule has 4 heteroatoms. The van der Waals surface area contributed by atoms with Gasteiger partial charge in [0.2, 0.25) is 0 Å². The van der Waals surface area contributed by atoms with Gasteiger partial charge >= 0.3 is 5.97 Å². The van der Waals surface area contributed by atoms with Crippen LogP contribution in [-0.2, 0) is 4.79 Å². The van der Waals surface area contributed by atoms with Crippen molar-refractivity contribution in [3.63, 3.8) is 0 Å². The van der Waals surface area contributed by atoms with Crippen molar-refractivity contribution >= 4 is 5.97 Å². The normalized spacial score (nSPS) is 25.0. The van der Waals surface area contributed by atoms with Crippen molar-refractivity contribution < 1.29 is 15.0 Å². The third-order valence-corrected chi connectivity index (χ3v) is 4.78. The molecule has 0 saturated carbocycles. The summed E-state index contributed by atoms with van der Waals surface area (Å²) in [6, 6.07) is 7.31. The van der Waals surface area contributed by atoms with Gasteiger partial charge in [0.25, 0.3) is 0 Å². The first-order chi connectivity index (χ1) is 9.36. The molecule has 2 rings (SSSR count). The minimum Gasteiger partial charge on any atom is -0.508 e. The maximum atomic E-state index is 11.7.